The van der Waals surface area contributed by atoms with Gasteiger partial charge < -0.3 is 10.4 Å². The maximum atomic E-state index is 12.9. The predicted octanol–water partition coefficient (Wildman–Crippen LogP) is 4.19. The lowest BCUT2D eigenvalue weighted by Gasteiger charge is -2.00. The van der Waals surface area contributed by atoms with Crippen molar-refractivity contribution in [3.8, 4) is 5.75 Å². The van der Waals surface area contributed by atoms with Gasteiger partial charge in [0.25, 0.3) is 5.91 Å². The smallest absolute Gasteiger partial charge is 0.264 e. The lowest BCUT2D eigenvalue weighted by molar-refractivity contribution is -0.115. The molecule has 1 saturated heterocycles. The van der Waals surface area contributed by atoms with E-state index in [2.05, 4.69) is 26.2 Å². The Bertz CT molecular complexity index is 834. The molecule has 0 bridgehead atoms. The lowest BCUT2D eigenvalue weighted by atomic mass is 10.2. The fourth-order valence-electron chi connectivity index (χ4n) is 1.90. The topological polar surface area (TPSA) is 61.7 Å². The van der Waals surface area contributed by atoms with Crippen molar-refractivity contribution in [2.45, 2.75) is 0 Å². The Morgan fingerprint density at radius 3 is 2.70 bits per heavy atom. The van der Waals surface area contributed by atoms with Crippen LogP contribution in [-0.4, -0.2) is 16.2 Å². The van der Waals surface area contributed by atoms with E-state index in [4.69, 9.17) is 0 Å². The molecule has 0 aliphatic carbocycles. The van der Waals surface area contributed by atoms with E-state index >= 15 is 0 Å². The van der Waals surface area contributed by atoms with Crippen molar-refractivity contribution in [1.29, 1.82) is 0 Å². The second kappa shape index (κ2) is 6.55. The molecule has 4 nitrogen and oxygen atoms in total. The van der Waals surface area contributed by atoms with E-state index in [-0.39, 0.29) is 17.5 Å². The Morgan fingerprint density at radius 1 is 1.22 bits per heavy atom. The molecule has 1 aliphatic rings. The zero-order valence-corrected chi connectivity index (χ0v) is 14.0. The zero-order chi connectivity index (χ0) is 16.4. The van der Waals surface area contributed by atoms with E-state index in [1.807, 2.05) is 0 Å². The second-order valence-corrected chi connectivity index (χ2v) is 6.61. The summed E-state index contributed by atoms with van der Waals surface area (Å²) in [6, 6.07) is 10.6. The number of amidine groups is 1. The van der Waals surface area contributed by atoms with Crippen LogP contribution in [0.4, 0.5) is 10.1 Å². The Balaban J connectivity index is 1.86. The molecule has 0 atom stereocenters. The van der Waals surface area contributed by atoms with Crippen LogP contribution in [-0.2, 0) is 4.79 Å². The molecule has 3 rings (SSSR count). The van der Waals surface area contributed by atoms with Gasteiger partial charge in [0.15, 0.2) is 5.17 Å². The zero-order valence-electron chi connectivity index (χ0n) is 11.6. The Labute approximate surface area is 144 Å². The van der Waals surface area contributed by atoms with Crippen molar-refractivity contribution in [3.63, 3.8) is 0 Å². The van der Waals surface area contributed by atoms with Crippen molar-refractivity contribution in [1.82, 2.24) is 5.32 Å². The monoisotopic (exact) mass is 392 g/mol. The number of carbonyl (C=O) groups is 1. The Hall–Kier alpha value is -2.12. The normalized spacial score (nSPS) is 17.7. The molecule has 2 N–H and O–H groups in total. The molecule has 1 amide bonds. The van der Waals surface area contributed by atoms with Crippen molar-refractivity contribution in [2.75, 3.05) is 0 Å². The molecule has 0 unspecified atom stereocenters. The number of hydrogen-bond donors (Lipinski definition) is 2. The first-order chi connectivity index (χ1) is 11.0. The third-order valence-corrected chi connectivity index (χ3v) is 4.39. The number of hydrogen-bond acceptors (Lipinski definition) is 4. The van der Waals surface area contributed by atoms with Crippen LogP contribution in [0.3, 0.4) is 0 Å². The average molecular weight is 393 g/mol. The molecule has 23 heavy (non-hydrogen) atoms. The summed E-state index contributed by atoms with van der Waals surface area (Å²) in [6.07, 6.45) is 1.59. The van der Waals surface area contributed by atoms with Gasteiger partial charge in [-0.3, -0.25) is 4.79 Å². The van der Waals surface area contributed by atoms with E-state index in [1.54, 1.807) is 24.3 Å². The van der Waals surface area contributed by atoms with Crippen LogP contribution in [0, 0.1) is 5.82 Å². The standard InChI is InChI=1S/C16H10BrFN2O2S/c17-10-1-6-13(21)9(7-10)8-14-15(22)20-16(23-14)19-12-4-2-11(18)3-5-12/h1-8,21H,(H,19,20,22)/b14-8-. The predicted molar refractivity (Wildman–Crippen MR) is 93.0 cm³/mol. The van der Waals surface area contributed by atoms with Crippen LogP contribution in [0.1, 0.15) is 5.56 Å². The summed E-state index contributed by atoms with van der Waals surface area (Å²) in [5.74, 6) is -0.559. The fourth-order valence-corrected chi connectivity index (χ4v) is 3.11. The third-order valence-electron chi connectivity index (χ3n) is 2.98. The molecule has 2 aromatic carbocycles. The molecule has 1 heterocycles. The second-order valence-electron chi connectivity index (χ2n) is 4.66. The Morgan fingerprint density at radius 2 is 1.96 bits per heavy atom. The highest BCUT2D eigenvalue weighted by Gasteiger charge is 2.24. The molecule has 116 valence electrons. The van der Waals surface area contributed by atoms with Gasteiger partial charge in [0.1, 0.15) is 11.6 Å². The third kappa shape index (κ3) is 3.80. The van der Waals surface area contributed by atoms with Gasteiger partial charge in [-0.05, 0) is 60.3 Å². The number of thioether (sulfide) groups is 1. The molecular weight excluding hydrogens is 383 g/mol. The van der Waals surface area contributed by atoms with Gasteiger partial charge in [-0.2, -0.15) is 0 Å². The number of phenols is 1. The fraction of sp³-hybridized carbons (Fsp3) is 0. The minimum atomic E-state index is -0.345. The minimum Gasteiger partial charge on any atom is -0.507 e. The number of aromatic hydroxyl groups is 1. The van der Waals surface area contributed by atoms with Gasteiger partial charge in [-0.25, -0.2) is 9.38 Å². The average Bonchev–Trinajstić information content (AvgIpc) is 2.85. The van der Waals surface area contributed by atoms with Crippen LogP contribution in [0.5, 0.6) is 5.75 Å². The summed E-state index contributed by atoms with van der Waals surface area (Å²) in [4.78, 5) is 16.7. The van der Waals surface area contributed by atoms with Crippen LogP contribution >= 0.6 is 27.7 Å². The van der Waals surface area contributed by atoms with E-state index in [9.17, 15) is 14.3 Å². The summed E-state index contributed by atoms with van der Waals surface area (Å²) in [5.41, 5.74) is 1.07. The number of benzene rings is 2. The SMILES string of the molecule is O=C1NC(=Nc2ccc(F)cc2)S/C1=C\c1cc(Br)ccc1O. The summed E-state index contributed by atoms with van der Waals surface area (Å²) < 4.78 is 13.7. The number of nitrogens with one attached hydrogen (secondary N) is 1. The molecular formula is C16H10BrFN2O2S. The van der Waals surface area contributed by atoms with E-state index in [0.717, 1.165) is 16.2 Å². The number of phenolic OH excluding ortho intramolecular Hbond substituents is 1. The highest BCUT2D eigenvalue weighted by atomic mass is 79.9. The lowest BCUT2D eigenvalue weighted by Crippen LogP contribution is -2.19. The van der Waals surface area contributed by atoms with Gasteiger partial charge in [0.2, 0.25) is 0 Å². The van der Waals surface area contributed by atoms with Crippen LogP contribution in [0.2, 0.25) is 0 Å². The Kier molecular flexibility index (Phi) is 4.49. The first-order valence-electron chi connectivity index (χ1n) is 6.55. The molecule has 0 radical (unpaired) electrons. The number of halogens is 2. The summed E-state index contributed by atoms with van der Waals surface area (Å²) in [6.45, 7) is 0. The maximum absolute atomic E-state index is 12.9. The molecule has 7 heteroatoms. The molecule has 0 aromatic heterocycles. The number of amides is 1. The quantitative estimate of drug-likeness (QED) is 0.753. The largest absolute Gasteiger partial charge is 0.507 e. The van der Waals surface area contributed by atoms with Crippen molar-refractivity contribution in [2.24, 2.45) is 4.99 Å². The molecule has 1 aliphatic heterocycles. The highest BCUT2D eigenvalue weighted by molar-refractivity contribution is 9.10. The first-order valence-corrected chi connectivity index (χ1v) is 8.16. The van der Waals surface area contributed by atoms with Crippen LogP contribution in [0.25, 0.3) is 6.08 Å². The van der Waals surface area contributed by atoms with Gasteiger partial charge in [0, 0.05) is 10.0 Å². The van der Waals surface area contributed by atoms with Gasteiger partial charge in [-0.1, -0.05) is 15.9 Å². The summed E-state index contributed by atoms with van der Waals surface area (Å²) in [5, 5.41) is 12.9. The van der Waals surface area contributed by atoms with E-state index in [0.29, 0.717) is 21.3 Å². The number of carbonyl (C=O) groups excluding carboxylic acids is 1. The van der Waals surface area contributed by atoms with Crippen molar-refractivity contribution in [3.05, 3.63) is 63.2 Å². The molecule has 0 saturated carbocycles. The van der Waals surface area contributed by atoms with Gasteiger partial charge in [-0.15, -0.1) is 0 Å². The van der Waals surface area contributed by atoms with Crippen molar-refractivity contribution < 1.29 is 14.3 Å². The van der Waals surface area contributed by atoms with Gasteiger partial charge >= 0.3 is 0 Å². The summed E-state index contributed by atoms with van der Waals surface area (Å²) in [7, 11) is 0. The molecule has 0 spiro atoms. The number of aliphatic imine (C=N–C) groups is 1. The first kappa shape index (κ1) is 15.8. The highest BCUT2D eigenvalue weighted by Crippen LogP contribution is 2.31. The molecule has 2 aromatic rings. The molecule has 1 fully saturated rings. The van der Waals surface area contributed by atoms with Crippen LogP contribution < -0.4 is 5.32 Å². The van der Waals surface area contributed by atoms with Crippen molar-refractivity contribution >= 4 is 50.5 Å². The number of nitrogens with zero attached hydrogens (tertiary/aromatic N) is 1. The van der Waals surface area contributed by atoms with E-state index in [1.165, 1.54) is 24.3 Å². The number of rotatable bonds is 2. The summed E-state index contributed by atoms with van der Waals surface area (Å²) >= 11 is 4.48. The van der Waals surface area contributed by atoms with Gasteiger partial charge in [0.05, 0.1) is 10.6 Å². The maximum Gasteiger partial charge on any atom is 0.264 e. The van der Waals surface area contributed by atoms with Crippen LogP contribution in [0.15, 0.2) is 56.8 Å². The minimum absolute atomic E-state index is 0.0815. The van der Waals surface area contributed by atoms with E-state index < -0.39 is 0 Å².